The Morgan fingerprint density at radius 2 is 1.78 bits per heavy atom. The second-order valence-corrected chi connectivity index (χ2v) is 9.12. The van der Waals surface area contributed by atoms with E-state index in [4.69, 9.17) is 10.5 Å². The van der Waals surface area contributed by atoms with Gasteiger partial charge in [-0.1, -0.05) is 31.0 Å². The molecule has 2 heterocycles. The van der Waals surface area contributed by atoms with E-state index in [0.29, 0.717) is 36.4 Å². The molecular weight excluding hydrogens is 468 g/mol. The number of anilines is 1. The number of rotatable bonds is 8. The summed E-state index contributed by atoms with van der Waals surface area (Å²) >= 11 is 0. The SMILES string of the molecule is CCCc1c(C(N)=O)nn(-c2ccc(OCC)cc2)c1C(C)=O.Cc1ccc(N2CCCC2=O)c(C)c1. The maximum Gasteiger partial charge on any atom is 0.269 e. The predicted molar refractivity (Wildman–Crippen MR) is 145 cm³/mol. The number of ether oxygens (including phenoxy) is 1. The van der Waals surface area contributed by atoms with Gasteiger partial charge in [-0.2, -0.15) is 5.10 Å². The van der Waals surface area contributed by atoms with E-state index in [9.17, 15) is 14.4 Å². The summed E-state index contributed by atoms with van der Waals surface area (Å²) in [7, 11) is 0. The fourth-order valence-corrected chi connectivity index (χ4v) is 4.54. The molecule has 1 aromatic heterocycles. The average Bonchev–Trinajstić information content (AvgIpc) is 3.44. The third-order valence-corrected chi connectivity index (χ3v) is 6.16. The summed E-state index contributed by atoms with van der Waals surface area (Å²) in [5, 5.41) is 4.28. The van der Waals surface area contributed by atoms with E-state index in [1.54, 1.807) is 24.3 Å². The van der Waals surface area contributed by atoms with Crippen LogP contribution in [-0.2, 0) is 11.2 Å². The quantitative estimate of drug-likeness (QED) is 0.437. The third kappa shape index (κ3) is 6.44. The lowest BCUT2D eigenvalue weighted by atomic mass is 10.0. The zero-order chi connectivity index (χ0) is 27.1. The van der Waals surface area contributed by atoms with E-state index >= 15 is 0 Å². The van der Waals surface area contributed by atoms with Crippen molar-refractivity contribution in [1.29, 1.82) is 0 Å². The van der Waals surface area contributed by atoms with Gasteiger partial charge in [0.25, 0.3) is 5.91 Å². The molecule has 196 valence electrons. The van der Waals surface area contributed by atoms with Crippen molar-refractivity contribution in [3.8, 4) is 11.4 Å². The Balaban J connectivity index is 0.000000231. The molecule has 1 aliphatic heterocycles. The number of hydrogen-bond donors (Lipinski definition) is 1. The number of aryl methyl sites for hydroxylation is 2. The highest BCUT2D eigenvalue weighted by atomic mass is 16.5. The van der Waals surface area contributed by atoms with Crippen molar-refractivity contribution in [3.63, 3.8) is 0 Å². The zero-order valence-corrected chi connectivity index (χ0v) is 22.3. The van der Waals surface area contributed by atoms with Crippen LogP contribution in [0.5, 0.6) is 5.75 Å². The number of aromatic nitrogens is 2. The third-order valence-electron chi connectivity index (χ3n) is 6.16. The summed E-state index contributed by atoms with van der Waals surface area (Å²) in [4.78, 5) is 37.2. The van der Waals surface area contributed by atoms with E-state index in [1.807, 2.05) is 24.8 Å². The Morgan fingerprint density at radius 1 is 1.08 bits per heavy atom. The van der Waals surface area contributed by atoms with Crippen LogP contribution in [0, 0.1) is 13.8 Å². The molecule has 0 unspecified atom stereocenters. The molecule has 8 heteroatoms. The van der Waals surface area contributed by atoms with E-state index < -0.39 is 5.91 Å². The maximum atomic E-state index is 12.1. The molecule has 0 atom stereocenters. The van der Waals surface area contributed by atoms with Gasteiger partial charge >= 0.3 is 0 Å². The first kappa shape index (κ1) is 27.6. The standard InChI is InChI=1S/C17H21N3O3.C12H15NO/c1-4-6-14-15(17(18)22)19-20(16(14)11(3)21)12-7-9-13(10-8-12)23-5-2;1-9-5-6-11(10(2)8-9)13-7-3-4-12(13)14/h7-10H,4-6H2,1-3H3,(H2,18,22);5-6,8H,3-4,7H2,1-2H3. The highest BCUT2D eigenvalue weighted by Gasteiger charge is 2.24. The molecule has 37 heavy (non-hydrogen) atoms. The molecule has 2 N–H and O–H groups in total. The largest absolute Gasteiger partial charge is 0.494 e. The lowest BCUT2D eigenvalue weighted by Gasteiger charge is -2.18. The second-order valence-electron chi connectivity index (χ2n) is 9.12. The summed E-state index contributed by atoms with van der Waals surface area (Å²) in [5.74, 6) is 0.219. The second kappa shape index (κ2) is 12.3. The lowest BCUT2D eigenvalue weighted by molar-refractivity contribution is -0.117. The average molecular weight is 505 g/mol. The van der Waals surface area contributed by atoms with E-state index in [1.165, 1.54) is 22.7 Å². The van der Waals surface area contributed by atoms with Gasteiger partial charge in [-0.15, -0.1) is 0 Å². The van der Waals surface area contributed by atoms with Gasteiger partial charge in [-0.05, 0) is 69.5 Å². The molecule has 2 aromatic carbocycles. The van der Waals surface area contributed by atoms with Gasteiger partial charge in [0, 0.05) is 31.1 Å². The normalized spacial score (nSPS) is 12.8. The van der Waals surface area contributed by atoms with Gasteiger partial charge < -0.3 is 15.4 Å². The Morgan fingerprint density at radius 3 is 2.30 bits per heavy atom. The molecule has 0 bridgehead atoms. The molecule has 0 radical (unpaired) electrons. The predicted octanol–water partition coefficient (Wildman–Crippen LogP) is 4.96. The first-order chi connectivity index (χ1) is 17.7. The van der Waals surface area contributed by atoms with Crippen LogP contribution in [0.4, 0.5) is 5.69 Å². The van der Waals surface area contributed by atoms with Crippen LogP contribution in [0.3, 0.4) is 0 Å². The van der Waals surface area contributed by atoms with Crippen LogP contribution in [0.1, 0.15) is 77.7 Å². The van der Waals surface area contributed by atoms with Crippen LogP contribution >= 0.6 is 0 Å². The summed E-state index contributed by atoms with van der Waals surface area (Å²) < 4.78 is 6.90. The number of amides is 2. The number of primary amides is 1. The molecule has 0 saturated carbocycles. The Labute approximate surface area is 218 Å². The number of benzene rings is 2. The zero-order valence-electron chi connectivity index (χ0n) is 22.3. The number of ketones is 1. The molecule has 8 nitrogen and oxygen atoms in total. The van der Waals surface area contributed by atoms with Gasteiger partial charge in [0.05, 0.1) is 12.3 Å². The summed E-state index contributed by atoms with van der Waals surface area (Å²) in [6, 6.07) is 13.4. The van der Waals surface area contributed by atoms with Gasteiger partial charge in [-0.3, -0.25) is 14.4 Å². The van der Waals surface area contributed by atoms with E-state index in [-0.39, 0.29) is 17.4 Å². The highest BCUT2D eigenvalue weighted by molar-refractivity contribution is 6.00. The smallest absolute Gasteiger partial charge is 0.269 e. The number of carbonyl (C=O) groups is 3. The summed E-state index contributed by atoms with van der Waals surface area (Å²) in [5.41, 5.74) is 10.8. The summed E-state index contributed by atoms with van der Waals surface area (Å²) in [6.45, 7) is 10.9. The number of hydrogen-bond acceptors (Lipinski definition) is 5. The van der Waals surface area contributed by atoms with Crippen molar-refractivity contribution in [2.75, 3.05) is 18.1 Å². The van der Waals surface area contributed by atoms with Crippen molar-refractivity contribution in [1.82, 2.24) is 9.78 Å². The van der Waals surface area contributed by atoms with Crippen LogP contribution in [0.15, 0.2) is 42.5 Å². The van der Waals surface area contributed by atoms with Gasteiger partial charge in [-0.25, -0.2) is 4.68 Å². The van der Waals surface area contributed by atoms with Crippen molar-refractivity contribution in [3.05, 3.63) is 70.5 Å². The first-order valence-corrected chi connectivity index (χ1v) is 12.7. The fraction of sp³-hybridized carbons (Fsp3) is 0.379. The molecule has 2 amide bonds. The maximum absolute atomic E-state index is 12.1. The molecule has 1 aliphatic rings. The minimum absolute atomic E-state index is 0.151. The molecule has 3 aromatic rings. The van der Waals surface area contributed by atoms with Crippen molar-refractivity contribution in [2.45, 2.75) is 60.3 Å². The molecule has 0 aliphatic carbocycles. The molecule has 1 fully saturated rings. The van der Waals surface area contributed by atoms with Crippen LogP contribution in [0.25, 0.3) is 5.69 Å². The molecule has 1 saturated heterocycles. The Kier molecular flexibility index (Phi) is 9.22. The minimum Gasteiger partial charge on any atom is -0.494 e. The minimum atomic E-state index is -0.624. The van der Waals surface area contributed by atoms with Crippen LogP contribution in [-0.4, -0.2) is 40.5 Å². The van der Waals surface area contributed by atoms with Crippen molar-refractivity contribution < 1.29 is 19.1 Å². The highest BCUT2D eigenvalue weighted by Crippen LogP contribution is 2.26. The van der Waals surface area contributed by atoms with E-state index in [0.717, 1.165) is 30.8 Å². The van der Waals surface area contributed by atoms with Crippen molar-refractivity contribution in [2.24, 2.45) is 5.73 Å². The Bertz CT molecular complexity index is 1280. The Hall–Kier alpha value is -3.94. The first-order valence-electron chi connectivity index (χ1n) is 12.7. The molecular formula is C29H36N4O4. The van der Waals surface area contributed by atoms with E-state index in [2.05, 4.69) is 31.1 Å². The van der Waals surface area contributed by atoms with Crippen molar-refractivity contribution >= 4 is 23.3 Å². The molecule has 4 rings (SSSR count). The lowest BCUT2D eigenvalue weighted by Crippen LogP contribution is -2.24. The number of Topliss-reactive ketones (excluding diaryl/α,β-unsaturated/α-hetero) is 1. The number of nitrogens with two attached hydrogens (primary N) is 1. The number of carbonyl (C=O) groups excluding carboxylic acids is 3. The topological polar surface area (TPSA) is 108 Å². The van der Waals surface area contributed by atoms with Gasteiger partial charge in [0.1, 0.15) is 11.4 Å². The van der Waals surface area contributed by atoms with Gasteiger partial charge in [0.2, 0.25) is 5.91 Å². The monoisotopic (exact) mass is 504 g/mol. The van der Waals surface area contributed by atoms with Crippen LogP contribution < -0.4 is 15.4 Å². The van der Waals surface area contributed by atoms with Gasteiger partial charge in [0.15, 0.2) is 11.5 Å². The summed E-state index contributed by atoms with van der Waals surface area (Å²) in [6.07, 6.45) is 3.05. The number of nitrogens with zero attached hydrogens (tertiary/aromatic N) is 3. The fourth-order valence-electron chi connectivity index (χ4n) is 4.54. The molecule has 0 spiro atoms. The van der Waals surface area contributed by atoms with Crippen LogP contribution in [0.2, 0.25) is 0 Å².